The Kier molecular flexibility index (Phi) is 5.90. The number of rotatable bonds is 5. The molecule has 1 aromatic rings. The van der Waals surface area contributed by atoms with Gasteiger partial charge in [0.2, 0.25) is 11.3 Å². The first-order valence-electron chi connectivity index (χ1n) is 8.09. The summed E-state index contributed by atoms with van der Waals surface area (Å²) >= 11 is 0. The largest absolute Gasteiger partial charge is 0.502 e. The van der Waals surface area contributed by atoms with Crippen LogP contribution in [0.1, 0.15) is 24.8 Å². The molecule has 146 valence electrons. The highest BCUT2D eigenvalue weighted by Gasteiger charge is 2.66. The quantitative estimate of drug-likeness (QED) is 0.796. The van der Waals surface area contributed by atoms with E-state index in [9.17, 15) is 23.1 Å². The molecule has 1 saturated heterocycles. The van der Waals surface area contributed by atoms with E-state index in [4.69, 9.17) is 9.47 Å². The van der Waals surface area contributed by atoms with Gasteiger partial charge in [-0.05, 0) is 38.1 Å². The van der Waals surface area contributed by atoms with Crippen LogP contribution in [0.15, 0.2) is 12.1 Å². The van der Waals surface area contributed by atoms with Crippen LogP contribution in [0.4, 0.5) is 13.2 Å². The van der Waals surface area contributed by atoms with Gasteiger partial charge in [0.15, 0.2) is 11.5 Å². The van der Waals surface area contributed by atoms with E-state index in [1.807, 2.05) is 0 Å². The molecular weight excluding hydrogens is 355 g/mol. The first-order chi connectivity index (χ1) is 12.2. The Morgan fingerprint density at radius 2 is 1.54 bits per heavy atom. The lowest BCUT2D eigenvalue weighted by Crippen LogP contribution is -2.62. The van der Waals surface area contributed by atoms with Gasteiger partial charge in [0.05, 0.1) is 21.3 Å². The van der Waals surface area contributed by atoms with Gasteiger partial charge >= 0.3 is 12.1 Å². The minimum absolute atomic E-state index is 0.0834. The molecule has 0 amide bonds. The number of ether oxygens (including phenoxy) is 3. The highest BCUT2D eigenvalue weighted by Crippen LogP contribution is 2.49. The van der Waals surface area contributed by atoms with Crippen LogP contribution in [-0.4, -0.2) is 56.6 Å². The van der Waals surface area contributed by atoms with Gasteiger partial charge in [-0.1, -0.05) is 6.42 Å². The number of carbonyl (C=O) groups excluding carboxylic acids is 1. The molecule has 1 aliphatic rings. The van der Waals surface area contributed by atoms with Crippen molar-refractivity contribution < 1.29 is 37.3 Å². The normalized spacial score (nSPS) is 18.1. The lowest BCUT2D eigenvalue weighted by atomic mass is 9.84. The summed E-state index contributed by atoms with van der Waals surface area (Å²) in [6.07, 6.45) is -3.12. The fraction of sp³-hybridized carbons (Fsp3) is 0.588. The van der Waals surface area contributed by atoms with Crippen molar-refractivity contribution in [2.75, 3.05) is 34.4 Å². The van der Waals surface area contributed by atoms with Crippen molar-refractivity contribution in [3.8, 4) is 17.2 Å². The van der Waals surface area contributed by atoms with E-state index >= 15 is 0 Å². The molecular formula is C17H22F3NO5. The molecule has 0 bridgehead atoms. The maximum atomic E-state index is 14.4. The van der Waals surface area contributed by atoms with E-state index in [2.05, 4.69) is 4.74 Å². The number of esters is 1. The molecule has 1 N–H and O–H groups in total. The van der Waals surface area contributed by atoms with Crippen LogP contribution in [0.25, 0.3) is 0 Å². The number of methoxy groups -OCH3 is 3. The van der Waals surface area contributed by atoms with Crippen molar-refractivity contribution >= 4 is 5.97 Å². The predicted octanol–water partition coefficient (Wildman–Crippen LogP) is 2.83. The fourth-order valence-corrected chi connectivity index (χ4v) is 3.37. The SMILES string of the molecule is COC(=O)[C@](c1cc(OC)c(O)c(OC)c1)(N1CCCCC1)C(F)(F)F. The smallest absolute Gasteiger partial charge is 0.421 e. The predicted molar refractivity (Wildman–Crippen MR) is 86.4 cm³/mol. The van der Waals surface area contributed by atoms with Crippen molar-refractivity contribution in [1.29, 1.82) is 0 Å². The molecule has 9 heteroatoms. The van der Waals surface area contributed by atoms with Gasteiger partial charge in [-0.15, -0.1) is 0 Å². The summed E-state index contributed by atoms with van der Waals surface area (Å²) in [7, 11) is 3.32. The number of likely N-dealkylation sites (tertiary alicyclic amines) is 1. The molecule has 0 radical (unpaired) electrons. The standard InChI is InChI=1S/C17H22F3NO5/c1-24-12-9-11(10-13(25-2)14(12)22)16(15(23)26-3,17(18,19)20)21-7-5-4-6-8-21/h9-10,22H,4-8H2,1-3H3/t16-/m0/s1. The topological polar surface area (TPSA) is 68.2 Å². The third-order valence-electron chi connectivity index (χ3n) is 4.62. The van der Waals surface area contributed by atoms with Crippen LogP contribution >= 0.6 is 0 Å². The summed E-state index contributed by atoms with van der Waals surface area (Å²) in [5.74, 6) is -2.34. The number of hydrogen-bond acceptors (Lipinski definition) is 6. The highest BCUT2D eigenvalue weighted by atomic mass is 19.4. The fourth-order valence-electron chi connectivity index (χ4n) is 3.37. The van der Waals surface area contributed by atoms with Crippen LogP contribution in [0.2, 0.25) is 0 Å². The number of aromatic hydroxyl groups is 1. The molecule has 1 heterocycles. The maximum Gasteiger partial charge on any atom is 0.421 e. The van der Waals surface area contributed by atoms with Crippen LogP contribution < -0.4 is 9.47 Å². The summed E-state index contributed by atoms with van der Waals surface area (Å²) in [6.45, 7) is 0.167. The monoisotopic (exact) mass is 377 g/mol. The van der Waals surface area contributed by atoms with Crippen LogP contribution in [0.3, 0.4) is 0 Å². The number of phenols is 1. The Labute approximate surface area is 149 Å². The summed E-state index contributed by atoms with van der Waals surface area (Å²) in [4.78, 5) is 13.6. The molecule has 2 rings (SSSR count). The van der Waals surface area contributed by atoms with Crippen molar-refractivity contribution in [2.45, 2.75) is 31.0 Å². The zero-order chi connectivity index (χ0) is 19.5. The van der Waals surface area contributed by atoms with Crippen molar-refractivity contribution in [1.82, 2.24) is 4.90 Å². The minimum Gasteiger partial charge on any atom is -0.502 e. The summed E-state index contributed by atoms with van der Waals surface area (Å²) in [5, 5.41) is 10.0. The van der Waals surface area contributed by atoms with Gasteiger partial charge in [-0.25, -0.2) is 4.79 Å². The van der Waals surface area contributed by atoms with E-state index in [0.29, 0.717) is 12.8 Å². The summed E-state index contributed by atoms with van der Waals surface area (Å²) in [5.41, 5.74) is -3.44. The molecule has 1 aromatic carbocycles. The number of alkyl halides is 3. The van der Waals surface area contributed by atoms with Crippen molar-refractivity contribution in [3.63, 3.8) is 0 Å². The molecule has 1 aliphatic heterocycles. The summed E-state index contributed by atoms with van der Waals surface area (Å²) in [6, 6.07) is 1.99. The Morgan fingerprint density at radius 1 is 1.04 bits per heavy atom. The molecule has 1 fully saturated rings. The zero-order valence-corrected chi connectivity index (χ0v) is 14.9. The Morgan fingerprint density at radius 3 is 1.92 bits per heavy atom. The van der Waals surface area contributed by atoms with Crippen LogP contribution in [0, 0.1) is 0 Å². The van der Waals surface area contributed by atoms with E-state index in [0.717, 1.165) is 30.6 Å². The first kappa shape index (κ1) is 20.2. The second-order valence-corrected chi connectivity index (χ2v) is 5.98. The number of nitrogens with zero attached hydrogens (tertiary/aromatic N) is 1. The molecule has 0 spiro atoms. The molecule has 0 aliphatic carbocycles. The molecule has 0 saturated carbocycles. The van der Waals surface area contributed by atoms with E-state index < -0.39 is 29.0 Å². The average molecular weight is 377 g/mol. The van der Waals surface area contributed by atoms with Gasteiger partial charge in [-0.3, -0.25) is 4.90 Å². The lowest BCUT2D eigenvalue weighted by Gasteiger charge is -2.44. The van der Waals surface area contributed by atoms with Crippen LogP contribution in [0.5, 0.6) is 17.2 Å². The third kappa shape index (κ3) is 3.15. The summed E-state index contributed by atoms with van der Waals surface area (Å²) < 4.78 is 57.6. The average Bonchev–Trinajstić information content (AvgIpc) is 2.62. The van der Waals surface area contributed by atoms with Gasteiger partial charge in [0.1, 0.15) is 0 Å². The Bertz CT molecular complexity index is 633. The third-order valence-corrected chi connectivity index (χ3v) is 4.62. The number of piperidine rings is 1. The first-order valence-corrected chi connectivity index (χ1v) is 8.09. The van der Waals surface area contributed by atoms with Gasteiger partial charge in [0, 0.05) is 5.56 Å². The van der Waals surface area contributed by atoms with Gasteiger partial charge in [0.25, 0.3) is 0 Å². The second kappa shape index (κ2) is 7.61. The molecule has 0 unspecified atom stereocenters. The Hall–Kier alpha value is -2.16. The van der Waals surface area contributed by atoms with Gasteiger partial charge < -0.3 is 19.3 Å². The second-order valence-electron chi connectivity index (χ2n) is 5.98. The maximum absolute atomic E-state index is 14.4. The molecule has 1 atom stereocenters. The number of phenolic OH excluding ortho intramolecular Hbond substituents is 1. The zero-order valence-electron chi connectivity index (χ0n) is 14.9. The number of halogens is 3. The highest BCUT2D eigenvalue weighted by molar-refractivity contribution is 5.84. The number of benzene rings is 1. The lowest BCUT2D eigenvalue weighted by molar-refractivity contribution is -0.246. The van der Waals surface area contributed by atoms with E-state index in [-0.39, 0.29) is 24.6 Å². The van der Waals surface area contributed by atoms with E-state index in [1.165, 1.54) is 14.2 Å². The van der Waals surface area contributed by atoms with Crippen molar-refractivity contribution in [2.24, 2.45) is 0 Å². The van der Waals surface area contributed by atoms with E-state index in [1.54, 1.807) is 0 Å². The molecule has 26 heavy (non-hydrogen) atoms. The molecule has 6 nitrogen and oxygen atoms in total. The Balaban J connectivity index is 2.80. The molecule has 0 aromatic heterocycles. The van der Waals surface area contributed by atoms with Gasteiger partial charge in [-0.2, -0.15) is 13.2 Å². The van der Waals surface area contributed by atoms with Crippen LogP contribution in [-0.2, 0) is 15.1 Å². The number of carbonyl (C=O) groups is 1. The van der Waals surface area contributed by atoms with Crippen molar-refractivity contribution in [3.05, 3.63) is 17.7 Å². The number of hydrogen-bond donors (Lipinski definition) is 1. The minimum atomic E-state index is -4.97.